The summed E-state index contributed by atoms with van der Waals surface area (Å²) in [7, 11) is 1.26. The lowest BCUT2D eigenvalue weighted by Crippen LogP contribution is -2.22. The number of hydrogen-bond donors (Lipinski definition) is 2. The zero-order valence-electron chi connectivity index (χ0n) is 15.6. The summed E-state index contributed by atoms with van der Waals surface area (Å²) < 4.78 is 11.8. The van der Waals surface area contributed by atoms with Gasteiger partial charge in [-0.05, 0) is 35.4 Å². The number of carbonyl (C=O) groups is 1. The van der Waals surface area contributed by atoms with Crippen molar-refractivity contribution in [2.45, 2.75) is 0 Å². The molecule has 1 heterocycles. The maximum Gasteiger partial charge on any atom is 0.413 e. The van der Waals surface area contributed by atoms with Crippen molar-refractivity contribution in [2.24, 2.45) is 0 Å². The molecule has 2 N–H and O–H groups in total. The molecule has 144 valence electrons. The molecule has 0 aliphatic heterocycles. The average Bonchev–Trinajstić information content (AvgIpc) is 3.12. The molecule has 4 rings (SSSR count). The predicted molar refractivity (Wildman–Crippen MR) is 111 cm³/mol. The van der Waals surface area contributed by atoms with Crippen LogP contribution in [0.3, 0.4) is 0 Å². The molecule has 0 fully saturated rings. The van der Waals surface area contributed by atoms with Crippen molar-refractivity contribution in [3.63, 3.8) is 0 Å². The predicted octanol–water partition coefficient (Wildman–Crippen LogP) is 4.74. The third-order valence-corrected chi connectivity index (χ3v) is 4.34. The lowest BCUT2D eigenvalue weighted by molar-refractivity contribution is 0.186. The number of ether oxygens (including phenoxy) is 2. The summed E-state index contributed by atoms with van der Waals surface area (Å²) in [6, 6.07) is 24.5. The van der Waals surface area contributed by atoms with E-state index in [-0.39, 0.29) is 12.0 Å². The molecule has 0 bridgehead atoms. The Morgan fingerprint density at radius 3 is 2.31 bits per heavy atom. The van der Waals surface area contributed by atoms with Gasteiger partial charge in [0.15, 0.2) is 0 Å². The zero-order chi connectivity index (χ0) is 20.2. The second-order valence-corrected chi connectivity index (χ2v) is 6.17. The van der Waals surface area contributed by atoms with Gasteiger partial charge in [0.2, 0.25) is 5.95 Å². The Bertz CT molecular complexity index is 1170. The Balaban J connectivity index is 1.62. The number of amides is 1. The van der Waals surface area contributed by atoms with Gasteiger partial charge in [0.25, 0.3) is 0 Å². The van der Waals surface area contributed by atoms with E-state index in [1.54, 1.807) is 24.3 Å². The number of carbonyl (C=O) groups excluding carboxylic acids is 1. The van der Waals surface area contributed by atoms with Crippen LogP contribution in [0.4, 0.5) is 10.7 Å². The largest absolute Gasteiger partial charge is 0.453 e. The van der Waals surface area contributed by atoms with Gasteiger partial charge in [-0.3, -0.25) is 10.7 Å². The average molecular weight is 386 g/mol. The van der Waals surface area contributed by atoms with Gasteiger partial charge in [-0.2, -0.15) is 0 Å². The minimum absolute atomic E-state index is 0.143. The van der Waals surface area contributed by atoms with Crippen LogP contribution in [0.2, 0.25) is 0 Å². The number of imidazole rings is 1. The Morgan fingerprint density at radius 2 is 1.59 bits per heavy atom. The summed E-state index contributed by atoms with van der Waals surface area (Å²) in [5.41, 5.74) is 3.39. The number of rotatable bonds is 3. The second-order valence-electron chi connectivity index (χ2n) is 6.17. The van der Waals surface area contributed by atoms with E-state index in [0.29, 0.717) is 16.8 Å². The number of benzene rings is 3. The monoisotopic (exact) mass is 386 g/mol. The molecule has 1 aromatic heterocycles. The molecule has 0 saturated heterocycles. The standard InChI is InChI=1S/C22H18N4O3/c1-28-22(27)25-21-24-18-9-5-6-10-19(18)26(21)20(23)29-17-13-11-16(12-14-17)15-7-3-2-4-8-15/h2-14,23H,1H3,(H,24,25,27). The Hall–Kier alpha value is -4.13. The van der Waals surface area contributed by atoms with Crippen molar-refractivity contribution in [3.8, 4) is 16.9 Å². The topological polar surface area (TPSA) is 89.2 Å². The van der Waals surface area contributed by atoms with Crippen LogP contribution in [0.15, 0.2) is 78.9 Å². The van der Waals surface area contributed by atoms with Gasteiger partial charge in [-0.25, -0.2) is 14.3 Å². The number of nitrogens with zero attached hydrogens (tertiary/aromatic N) is 2. The molecule has 0 aliphatic carbocycles. The quantitative estimate of drug-likeness (QED) is 0.393. The van der Waals surface area contributed by atoms with Crippen LogP contribution in [0.1, 0.15) is 0 Å². The Labute approximate surface area is 167 Å². The molecular formula is C22H18N4O3. The van der Waals surface area contributed by atoms with Gasteiger partial charge in [-0.15, -0.1) is 0 Å². The summed E-state index contributed by atoms with van der Waals surface area (Å²) in [5.74, 6) is 0.639. The summed E-state index contributed by atoms with van der Waals surface area (Å²) in [4.78, 5) is 16.0. The molecule has 7 nitrogen and oxygen atoms in total. The summed E-state index contributed by atoms with van der Waals surface area (Å²) in [6.07, 6.45) is -0.679. The van der Waals surface area contributed by atoms with E-state index in [1.165, 1.54) is 11.7 Å². The molecule has 29 heavy (non-hydrogen) atoms. The van der Waals surface area contributed by atoms with Crippen LogP contribution in [0.25, 0.3) is 22.2 Å². The van der Waals surface area contributed by atoms with E-state index in [9.17, 15) is 4.79 Å². The maximum atomic E-state index is 11.7. The van der Waals surface area contributed by atoms with Crippen molar-refractivity contribution in [3.05, 3.63) is 78.9 Å². The highest BCUT2D eigenvalue weighted by molar-refractivity contribution is 5.95. The van der Waals surface area contributed by atoms with Gasteiger partial charge in [0.1, 0.15) is 5.75 Å². The fraction of sp³-hybridized carbons (Fsp3) is 0.0455. The first-order valence-electron chi connectivity index (χ1n) is 8.90. The van der Waals surface area contributed by atoms with E-state index < -0.39 is 6.09 Å². The Morgan fingerprint density at radius 1 is 0.931 bits per heavy atom. The summed E-state index contributed by atoms with van der Waals surface area (Å²) in [5, 5.41) is 11.0. The number of fused-ring (bicyclic) bond motifs is 1. The van der Waals surface area contributed by atoms with E-state index in [4.69, 9.17) is 10.1 Å². The SMILES string of the molecule is COC(=O)Nc1nc2ccccc2n1C(=N)Oc1ccc(-c2ccccc2)cc1. The van der Waals surface area contributed by atoms with Crippen LogP contribution in [0.5, 0.6) is 5.75 Å². The van der Waals surface area contributed by atoms with Crippen LogP contribution >= 0.6 is 0 Å². The van der Waals surface area contributed by atoms with Crippen LogP contribution in [0, 0.1) is 5.41 Å². The molecule has 4 aromatic rings. The normalized spacial score (nSPS) is 10.5. The van der Waals surface area contributed by atoms with Crippen molar-refractivity contribution in [2.75, 3.05) is 12.4 Å². The summed E-state index contributed by atoms with van der Waals surface area (Å²) in [6.45, 7) is 0. The molecule has 0 unspecified atom stereocenters. The first-order valence-corrected chi connectivity index (χ1v) is 8.90. The fourth-order valence-electron chi connectivity index (χ4n) is 2.96. The van der Waals surface area contributed by atoms with Gasteiger partial charge in [0.05, 0.1) is 18.1 Å². The number of hydrogen-bond acceptors (Lipinski definition) is 5. The Kier molecular flexibility index (Phi) is 4.94. The second kappa shape index (κ2) is 7.85. The molecule has 0 saturated carbocycles. The minimum Gasteiger partial charge on any atom is -0.453 e. The number of methoxy groups -OCH3 is 1. The van der Waals surface area contributed by atoms with Crippen LogP contribution in [-0.4, -0.2) is 28.8 Å². The van der Waals surface area contributed by atoms with Crippen LogP contribution < -0.4 is 10.1 Å². The lowest BCUT2D eigenvalue weighted by Gasteiger charge is -2.12. The molecule has 0 radical (unpaired) electrons. The smallest absolute Gasteiger partial charge is 0.413 e. The molecule has 1 amide bonds. The molecule has 7 heteroatoms. The first-order chi connectivity index (χ1) is 14.2. The van der Waals surface area contributed by atoms with E-state index in [2.05, 4.69) is 15.0 Å². The van der Waals surface area contributed by atoms with Gasteiger partial charge in [0, 0.05) is 0 Å². The lowest BCUT2D eigenvalue weighted by atomic mass is 10.1. The highest BCUT2D eigenvalue weighted by Crippen LogP contribution is 2.24. The molecule has 3 aromatic carbocycles. The maximum absolute atomic E-state index is 11.7. The first kappa shape index (κ1) is 18.2. The third-order valence-electron chi connectivity index (χ3n) is 4.34. The molecular weight excluding hydrogens is 368 g/mol. The molecule has 0 aliphatic rings. The zero-order valence-corrected chi connectivity index (χ0v) is 15.6. The van der Waals surface area contributed by atoms with Crippen LogP contribution in [-0.2, 0) is 4.74 Å². The van der Waals surface area contributed by atoms with E-state index in [0.717, 1.165) is 11.1 Å². The third kappa shape index (κ3) is 3.79. The summed E-state index contributed by atoms with van der Waals surface area (Å²) >= 11 is 0. The number of para-hydroxylation sites is 2. The number of nitrogens with one attached hydrogen (secondary N) is 2. The van der Waals surface area contributed by atoms with Crippen molar-refractivity contribution >= 4 is 29.1 Å². The highest BCUT2D eigenvalue weighted by Gasteiger charge is 2.18. The van der Waals surface area contributed by atoms with Gasteiger partial charge < -0.3 is 9.47 Å². The van der Waals surface area contributed by atoms with Gasteiger partial charge >= 0.3 is 12.1 Å². The van der Waals surface area contributed by atoms with Crippen molar-refractivity contribution in [1.29, 1.82) is 5.41 Å². The molecule has 0 atom stereocenters. The minimum atomic E-state index is -0.679. The fourth-order valence-corrected chi connectivity index (χ4v) is 2.96. The molecule has 0 spiro atoms. The van der Waals surface area contributed by atoms with E-state index >= 15 is 0 Å². The number of anilines is 1. The van der Waals surface area contributed by atoms with E-state index in [1.807, 2.05) is 54.6 Å². The van der Waals surface area contributed by atoms with Gasteiger partial charge in [-0.1, -0.05) is 54.6 Å². The highest BCUT2D eigenvalue weighted by atomic mass is 16.5. The van der Waals surface area contributed by atoms with Crippen molar-refractivity contribution in [1.82, 2.24) is 9.55 Å². The van der Waals surface area contributed by atoms with Crippen molar-refractivity contribution < 1.29 is 14.3 Å². The number of aromatic nitrogens is 2.